The molecule has 39 nitrogen and oxygen atoms in total. The first-order valence-corrected chi connectivity index (χ1v) is 33.0. The number of methoxy groups -OCH3 is 1. The molecular formula is C58H41N15NaO24S4+. The molecule has 0 bridgehead atoms. The predicted octanol–water partition coefficient (Wildman–Crippen LogP) is 10.0. The minimum atomic E-state index is -5.50. The smallest absolute Gasteiger partial charge is 0.507 e. The molecule has 516 valence electrons. The fourth-order valence-corrected chi connectivity index (χ4v) is 12.2. The van der Waals surface area contributed by atoms with Gasteiger partial charge < -0.3 is 62.8 Å². The Morgan fingerprint density at radius 1 is 0.363 bits per heavy atom. The maximum absolute atomic E-state index is 12.9. The van der Waals surface area contributed by atoms with Crippen molar-refractivity contribution in [3.8, 4) is 34.5 Å². The fourth-order valence-electron chi connectivity index (χ4n) is 9.57. The first-order chi connectivity index (χ1) is 47.3. The Kier molecular flexibility index (Phi) is 20.5. The van der Waals surface area contributed by atoms with Crippen LogP contribution >= 0.6 is 0 Å². The number of nitrogen functional groups attached to an aromatic ring is 3. The summed E-state index contributed by atoms with van der Waals surface area (Å²) in [6, 6.07) is 19.8. The van der Waals surface area contributed by atoms with Crippen LogP contribution in [0.4, 0.5) is 85.3 Å². The Hall–Kier alpha value is -12.2. The number of benzene rings is 10. The van der Waals surface area contributed by atoms with Crippen molar-refractivity contribution in [1.29, 1.82) is 0 Å². The molecule has 10 aromatic carbocycles. The summed E-state index contributed by atoms with van der Waals surface area (Å²) in [5.74, 6) is -9.38. The number of carboxylic acids is 3. The minimum absolute atomic E-state index is 0. The van der Waals surface area contributed by atoms with E-state index in [1.165, 1.54) is 36.4 Å². The van der Waals surface area contributed by atoms with Crippen molar-refractivity contribution < 1.29 is 141 Å². The summed E-state index contributed by atoms with van der Waals surface area (Å²) in [4.78, 5) is 31.2. The van der Waals surface area contributed by atoms with Crippen molar-refractivity contribution in [2.75, 3.05) is 24.3 Å². The van der Waals surface area contributed by atoms with Crippen LogP contribution in [-0.4, -0.2) is 118 Å². The number of aromatic hydroxyl groups is 5. The molecular weight excluding hydrogens is 1440 g/mol. The number of fused-ring (bicyclic) bond motifs is 3. The van der Waals surface area contributed by atoms with Gasteiger partial charge in [-0.2, -0.15) is 54.1 Å². The van der Waals surface area contributed by atoms with E-state index in [4.69, 9.17) is 21.9 Å². The zero-order valence-corrected chi connectivity index (χ0v) is 56.3. The quantitative estimate of drug-likeness (QED) is 0.0146. The number of hydrogen-bond donors (Lipinski definition) is 15. The van der Waals surface area contributed by atoms with Gasteiger partial charge in [-0.15, -0.1) is 40.9 Å². The second kappa shape index (κ2) is 28.2. The molecule has 102 heavy (non-hydrogen) atoms. The molecule has 0 aliphatic carbocycles. The van der Waals surface area contributed by atoms with Gasteiger partial charge in [0.1, 0.15) is 93.5 Å². The molecule has 0 saturated carbocycles. The summed E-state index contributed by atoms with van der Waals surface area (Å²) in [5, 5.41) is 128. The van der Waals surface area contributed by atoms with Gasteiger partial charge >= 0.3 is 47.5 Å². The molecule has 0 aromatic heterocycles. The van der Waals surface area contributed by atoms with E-state index in [-0.39, 0.29) is 102 Å². The number of phenols is 5. The molecule has 0 amide bonds. The maximum Gasteiger partial charge on any atom is 1.00 e. The van der Waals surface area contributed by atoms with Crippen LogP contribution in [0.25, 0.3) is 32.3 Å². The summed E-state index contributed by atoms with van der Waals surface area (Å²) in [6.45, 7) is 0. The molecule has 0 unspecified atom stereocenters. The zero-order chi connectivity index (χ0) is 73.7. The SMILES string of the molecule is COc1cc(N=Nc2c(S(=O)(=O)O)cc3c(N=Nc4ccc(O)c(C(=O)O)c4)c(N)ccc3c2O)ccc1N=Nc1c(S(=O)(=O)O)cc2cc(S(=O)(=O)O)c(N=Nc3ccc(N=Nc4c(S(=O)(=O)O)cc5c(N=Nc6ccc(O)c(C(=O)O)c6)c(N)ccc5c4O)cc3C(=O)O)c(N)c2c1O.[Na+]. The van der Waals surface area contributed by atoms with Crippen LogP contribution in [0, 0.1) is 0 Å². The van der Waals surface area contributed by atoms with E-state index in [1.807, 2.05) is 0 Å². The third kappa shape index (κ3) is 15.0. The number of aromatic carboxylic acids is 3. The first kappa shape index (κ1) is 74.1. The number of hydrogen-bond acceptors (Lipinski definition) is 32. The molecule has 0 aliphatic rings. The van der Waals surface area contributed by atoms with Crippen LogP contribution in [0.2, 0.25) is 0 Å². The third-order valence-corrected chi connectivity index (χ3v) is 17.7. The molecule has 0 atom stereocenters. The molecule has 0 aliphatic heterocycles. The monoisotopic (exact) mass is 1480 g/mol. The molecule has 0 saturated heterocycles. The maximum atomic E-state index is 12.9. The summed E-state index contributed by atoms with van der Waals surface area (Å²) in [5.41, 5.74) is 9.24. The number of ether oxygens (including phenoxy) is 1. The molecule has 0 heterocycles. The van der Waals surface area contributed by atoms with Crippen molar-refractivity contribution in [2.45, 2.75) is 19.6 Å². The van der Waals surface area contributed by atoms with E-state index >= 15 is 0 Å². The number of nitrogens with two attached hydrogens (primary N) is 3. The van der Waals surface area contributed by atoms with Gasteiger partial charge in [0.15, 0.2) is 17.2 Å². The molecule has 0 radical (unpaired) electrons. The van der Waals surface area contributed by atoms with Crippen LogP contribution in [0.1, 0.15) is 31.1 Å². The second-order valence-corrected chi connectivity index (χ2v) is 26.2. The summed E-state index contributed by atoms with van der Waals surface area (Å²) in [7, 11) is -20.5. The number of carboxylic acid groups (broad SMARTS) is 3. The Balaban J connectivity index is 0.0000121. The topological polar surface area (TPSA) is 666 Å². The van der Waals surface area contributed by atoms with E-state index in [2.05, 4.69) is 61.4 Å². The van der Waals surface area contributed by atoms with Gasteiger partial charge in [0, 0.05) is 27.6 Å². The number of rotatable bonds is 20. The van der Waals surface area contributed by atoms with E-state index in [0.29, 0.717) is 12.1 Å². The van der Waals surface area contributed by atoms with Crippen molar-refractivity contribution in [2.24, 2.45) is 61.4 Å². The Bertz CT molecular complexity index is 6000. The first-order valence-electron chi connectivity index (χ1n) is 27.2. The molecule has 0 spiro atoms. The number of nitrogens with zero attached hydrogens (tertiary/aromatic N) is 12. The number of phenolic OH excluding ortho intramolecular Hbond substituents is 3. The van der Waals surface area contributed by atoms with Crippen LogP contribution in [-0.2, 0) is 40.5 Å². The van der Waals surface area contributed by atoms with Crippen molar-refractivity contribution in [3.05, 3.63) is 138 Å². The average Bonchev–Trinajstić information content (AvgIpc) is 0.749. The van der Waals surface area contributed by atoms with Gasteiger partial charge in [-0.25, -0.2) is 14.4 Å². The van der Waals surface area contributed by atoms with Gasteiger partial charge in [-0.1, -0.05) is 0 Å². The number of anilines is 3. The standard InChI is InChI=1S/C58H41N15O24S4.Na/c1-97-40-19-26(65-72-51-44(101(94,95)96)21-30-28(54(51)77)7-9-35(60)48(30)69-63-25-5-13-39(75)33(18-25)58(83)84)3-11-37(40)67-73-52-42(99(88,89)90)15-22-14-41(98(85,86)87)49(46(61)45(22)55(52)78)70-66-36-10-2-23(16-31(36)56(79)80)64-71-50-43(100(91,92)93)20-29-27(53(50)76)6-8-34(59)47(29)68-62-24-4-12-38(74)32(17-24)57(81)82;/h2-21,74-78H,59-61H2,1H3,(H,79,80)(H,81,82)(H,83,84)(H,85,86,87)(H,88,89,90)(H,91,92,93)(H,94,95,96);/q;+1. The van der Waals surface area contributed by atoms with Gasteiger partial charge in [0.2, 0.25) is 0 Å². The molecule has 10 rings (SSSR count). The van der Waals surface area contributed by atoms with E-state index in [9.17, 15) is 107 Å². The fraction of sp³-hybridized carbons (Fsp3) is 0.0172. The summed E-state index contributed by atoms with van der Waals surface area (Å²) >= 11 is 0. The number of carbonyl (C=O) groups is 3. The Morgan fingerprint density at radius 2 is 0.696 bits per heavy atom. The predicted molar refractivity (Wildman–Crippen MR) is 351 cm³/mol. The summed E-state index contributed by atoms with van der Waals surface area (Å²) < 4.78 is 150. The molecule has 18 N–H and O–H groups in total. The van der Waals surface area contributed by atoms with E-state index in [1.54, 1.807) is 0 Å². The van der Waals surface area contributed by atoms with E-state index < -0.39 is 174 Å². The summed E-state index contributed by atoms with van der Waals surface area (Å²) in [6.07, 6.45) is 0. The van der Waals surface area contributed by atoms with Gasteiger partial charge in [0.05, 0.1) is 57.9 Å². The van der Waals surface area contributed by atoms with Crippen LogP contribution in [0.5, 0.6) is 34.5 Å². The van der Waals surface area contributed by atoms with Crippen molar-refractivity contribution in [3.63, 3.8) is 0 Å². The second-order valence-electron chi connectivity index (χ2n) is 20.6. The average molecular weight is 1480 g/mol. The van der Waals surface area contributed by atoms with Gasteiger partial charge in [0.25, 0.3) is 40.5 Å². The third-order valence-electron chi connectivity index (χ3n) is 14.3. The molecule has 0 fully saturated rings. The van der Waals surface area contributed by atoms with Gasteiger partial charge in [-0.3, -0.25) is 18.2 Å². The number of azo groups is 6. The van der Waals surface area contributed by atoms with Crippen molar-refractivity contribution >= 4 is 176 Å². The normalized spacial score (nSPS) is 12.5. The van der Waals surface area contributed by atoms with Crippen LogP contribution in [0.15, 0.2) is 202 Å². The Labute approximate surface area is 591 Å². The zero-order valence-electron chi connectivity index (χ0n) is 51.0. The molecule has 44 heteroatoms. The van der Waals surface area contributed by atoms with Gasteiger partial charge in [-0.05, 0) is 121 Å². The Morgan fingerprint density at radius 3 is 1.11 bits per heavy atom. The van der Waals surface area contributed by atoms with E-state index in [0.717, 1.165) is 79.9 Å². The largest absolute Gasteiger partial charge is 1.00 e. The van der Waals surface area contributed by atoms with Crippen LogP contribution < -0.4 is 51.5 Å². The van der Waals surface area contributed by atoms with Crippen molar-refractivity contribution in [1.82, 2.24) is 0 Å². The minimum Gasteiger partial charge on any atom is -0.507 e. The molecule has 10 aromatic rings. The van der Waals surface area contributed by atoms with Crippen LogP contribution in [0.3, 0.4) is 0 Å².